The molecular formula is C19H16N2O6S3. The van der Waals surface area contributed by atoms with E-state index in [1.54, 1.807) is 48.5 Å². The first-order chi connectivity index (χ1) is 14.3. The maximum absolute atomic E-state index is 12.6. The summed E-state index contributed by atoms with van der Waals surface area (Å²) in [6.07, 6.45) is 1.47. The van der Waals surface area contributed by atoms with Gasteiger partial charge in [-0.15, -0.1) is 4.83 Å². The van der Waals surface area contributed by atoms with Crippen molar-refractivity contribution in [2.45, 2.75) is 11.3 Å². The Morgan fingerprint density at radius 3 is 2.47 bits per heavy atom. The van der Waals surface area contributed by atoms with Gasteiger partial charge in [-0.05, 0) is 35.9 Å². The van der Waals surface area contributed by atoms with Gasteiger partial charge in [-0.1, -0.05) is 54.3 Å². The lowest BCUT2D eigenvalue weighted by atomic mass is 10.2. The van der Waals surface area contributed by atoms with E-state index >= 15 is 0 Å². The predicted molar refractivity (Wildman–Crippen MR) is 116 cm³/mol. The molecule has 2 aromatic carbocycles. The molecule has 0 atom stereocenters. The Morgan fingerprint density at radius 2 is 1.83 bits per heavy atom. The van der Waals surface area contributed by atoms with Crippen molar-refractivity contribution in [1.29, 1.82) is 0 Å². The van der Waals surface area contributed by atoms with Crippen molar-refractivity contribution in [3.8, 4) is 5.75 Å². The van der Waals surface area contributed by atoms with E-state index in [1.165, 1.54) is 12.1 Å². The van der Waals surface area contributed by atoms with Gasteiger partial charge in [0.1, 0.15) is 5.75 Å². The topological polar surface area (TPSA) is 113 Å². The maximum Gasteiger partial charge on any atom is 0.306 e. The average Bonchev–Trinajstić information content (AvgIpc) is 2.97. The number of carboxylic acids is 1. The van der Waals surface area contributed by atoms with E-state index in [2.05, 4.69) is 4.83 Å². The van der Waals surface area contributed by atoms with Crippen LogP contribution in [0.25, 0.3) is 6.08 Å². The van der Waals surface area contributed by atoms with Crippen LogP contribution >= 0.6 is 24.0 Å². The minimum atomic E-state index is -3.96. The Morgan fingerprint density at radius 1 is 1.17 bits per heavy atom. The van der Waals surface area contributed by atoms with Crippen molar-refractivity contribution >= 4 is 56.3 Å². The Kier molecular flexibility index (Phi) is 6.87. The lowest BCUT2D eigenvalue weighted by Gasteiger charge is -2.15. The van der Waals surface area contributed by atoms with Gasteiger partial charge >= 0.3 is 5.97 Å². The van der Waals surface area contributed by atoms with E-state index in [0.29, 0.717) is 11.3 Å². The van der Waals surface area contributed by atoms with Crippen molar-refractivity contribution in [2.24, 2.45) is 0 Å². The summed E-state index contributed by atoms with van der Waals surface area (Å²) in [7, 11) is -3.96. The van der Waals surface area contributed by atoms with Crippen LogP contribution in [0.5, 0.6) is 5.75 Å². The third-order valence-electron chi connectivity index (χ3n) is 3.82. The second-order valence-electron chi connectivity index (χ2n) is 5.99. The molecule has 3 rings (SSSR count). The average molecular weight is 465 g/mol. The summed E-state index contributed by atoms with van der Waals surface area (Å²) in [5.74, 6) is -1.03. The summed E-state index contributed by atoms with van der Waals surface area (Å²) in [5.41, 5.74) is 0.673. The molecule has 8 nitrogen and oxygen atoms in total. The van der Waals surface area contributed by atoms with Gasteiger partial charge in [0.2, 0.25) is 0 Å². The second-order valence-corrected chi connectivity index (χ2v) is 9.32. The second kappa shape index (κ2) is 9.39. The molecular weight excluding hydrogens is 448 g/mol. The van der Waals surface area contributed by atoms with Gasteiger partial charge in [0.05, 0.1) is 22.8 Å². The first-order valence-electron chi connectivity index (χ1n) is 8.56. The predicted octanol–water partition coefficient (Wildman–Crippen LogP) is 2.63. The van der Waals surface area contributed by atoms with Crippen LogP contribution in [-0.4, -0.2) is 41.3 Å². The number of thioether (sulfide) groups is 1. The smallest absolute Gasteiger partial charge is 0.306 e. The number of carbonyl (C=O) groups excluding carboxylic acids is 1. The molecule has 0 unspecified atom stereocenters. The first-order valence-corrected chi connectivity index (χ1v) is 11.3. The summed E-state index contributed by atoms with van der Waals surface area (Å²) in [5, 5.41) is 9.45. The molecule has 1 saturated heterocycles. The number of thiocarbonyl (C=S) groups is 1. The van der Waals surface area contributed by atoms with Crippen molar-refractivity contribution in [1.82, 2.24) is 9.84 Å². The molecule has 156 valence electrons. The Bertz CT molecular complexity index is 1100. The van der Waals surface area contributed by atoms with Crippen LogP contribution in [-0.2, 0) is 19.6 Å². The number of hydrogen-bond acceptors (Lipinski definition) is 7. The number of carbonyl (C=O) groups is 2. The summed E-state index contributed by atoms with van der Waals surface area (Å²) in [6, 6.07) is 14.3. The molecule has 30 heavy (non-hydrogen) atoms. The molecule has 1 aliphatic heterocycles. The highest BCUT2D eigenvalue weighted by molar-refractivity contribution is 8.26. The highest BCUT2D eigenvalue weighted by Gasteiger charge is 2.35. The Labute approximate surface area is 182 Å². The summed E-state index contributed by atoms with van der Waals surface area (Å²) >= 11 is 6.13. The third-order valence-corrected chi connectivity index (χ3v) is 6.44. The minimum absolute atomic E-state index is 0.0153. The highest BCUT2D eigenvalue weighted by atomic mass is 32.2. The van der Waals surface area contributed by atoms with Gasteiger partial charge in [0, 0.05) is 0 Å². The van der Waals surface area contributed by atoms with Crippen LogP contribution in [0.2, 0.25) is 0 Å². The van der Waals surface area contributed by atoms with Crippen LogP contribution < -0.4 is 9.57 Å². The number of carboxylic acid groups (broad SMARTS) is 1. The molecule has 2 aromatic rings. The number of hydrazine groups is 1. The van der Waals surface area contributed by atoms with E-state index in [4.69, 9.17) is 22.1 Å². The van der Waals surface area contributed by atoms with E-state index in [1.807, 2.05) is 0 Å². The van der Waals surface area contributed by atoms with Gasteiger partial charge in [0.15, 0.2) is 4.32 Å². The number of hydrogen-bond donors (Lipinski definition) is 2. The molecule has 0 saturated carbocycles. The van der Waals surface area contributed by atoms with Crippen molar-refractivity contribution in [2.75, 3.05) is 6.61 Å². The molecule has 0 bridgehead atoms. The van der Waals surface area contributed by atoms with E-state index < -0.39 is 21.9 Å². The normalized spacial score (nSPS) is 15.6. The number of nitrogens with zero attached hydrogens (tertiary/aromatic N) is 1. The molecule has 0 spiro atoms. The summed E-state index contributed by atoms with van der Waals surface area (Å²) in [6.45, 7) is 0.0505. The first kappa shape index (κ1) is 22.0. The zero-order chi connectivity index (χ0) is 21.7. The van der Waals surface area contributed by atoms with Gasteiger partial charge in [0.25, 0.3) is 15.9 Å². The number of nitrogens with one attached hydrogen (secondary N) is 1. The van der Waals surface area contributed by atoms with Crippen LogP contribution in [0.3, 0.4) is 0 Å². The number of benzene rings is 2. The van der Waals surface area contributed by atoms with Gasteiger partial charge in [-0.25, -0.2) is 13.4 Å². The van der Waals surface area contributed by atoms with Crippen molar-refractivity contribution in [3.63, 3.8) is 0 Å². The fourth-order valence-electron chi connectivity index (χ4n) is 2.39. The largest absolute Gasteiger partial charge is 0.493 e. The Balaban J connectivity index is 1.69. The van der Waals surface area contributed by atoms with Crippen LogP contribution in [0, 0.1) is 0 Å². The molecule has 1 heterocycles. The van der Waals surface area contributed by atoms with Gasteiger partial charge < -0.3 is 9.84 Å². The van der Waals surface area contributed by atoms with E-state index in [9.17, 15) is 18.0 Å². The molecule has 11 heteroatoms. The zero-order valence-corrected chi connectivity index (χ0v) is 17.8. The van der Waals surface area contributed by atoms with Crippen LogP contribution in [0.4, 0.5) is 0 Å². The number of sulfonamides is 1. The molecule has 1 fully saturated rings. The van der Waals surface area contributed by atoms with Crippen molar-refractivity contribution in [3.05, 3.63) is 65.1 Å². The molecule has 0 aromatic heterocycles. The van der Waals surface area contributed by atoms with E-state index in [-0.39, 0.29) is 27.1 Å². The van der Waals surface area contributed by atoms with Crippen molar-refractivity contribution < 1.29 is 27.9 Å². The van der Waals surface area contributed by atoms with Gasteiger partial charge in [-0.2, -0.15) is 0 Å². The fraction of sp³-hybridized carbons (Fsp3) is 0.105. The molecule has 1 aliphatic rings. The fourth-order valence-corrected chi connectivity index (χ4v) is 4.72. The third kappa shape index (κ3) is 5.45. The number of aliphatic carboxylic acids is 1. The molecule has 2 N–H and O–H groups in total. The van der Waals surface area contributed by atoms with Crippen LogP contribution in [0.1, 0.15) is 12.0 Å². The number of amides is 1. The molecule has 0 aliphatic carbocycles. The molecule has 1 amide bonds. The number of ether oxygens (including phenoxy) is 1. The number of rotatable bonds is 8. The lowest BCUT2D eigenvalue weighted by molar-refractivity contribution is -0.137. The highest BCUT2D eigenvalue weighted by Crippen LogP contribution is 2.32. The Hall–Kier alpha value is -2.73. The lowest BCUT2D eigenvalue weighted by Crippen LogP contribution is -2.44. The minimum Gasteiger partial charge on any atom is -0.493 e. The van der Waals surface area contributed by atoms with Gasteiger partial charge in [-0.3, -0.25) is 9.59 Å². The van der Waals surface area contributed by atoms with E-state index in [0.717, 1.165) is 16.8 Å². The zero-order valence-electron chi connectivity index (χ0n) is 15.3. The summed E-state index contributed by atoms with van der Waals surface area (Å²) in [4.78, 5) is 25.6. The maximum atomic E-state index is 12.6. The molecule has 0 radical (unpaired) electrons. The SMILES string of the molecule is O=C(O)CCOc1ccc(/C=C2/SC(=S)N(NS(=O)(=O)c3ccccc3)C2=O)cc1. The quantitative estimate of drug-likeness (QED) is 0.453. The van der Waals surface area contributed by atoms with Crippen LogP contribution in [0.15, 0.2) is 64.4 Å². The monoisotopic (exact) mass is 464 g/mol. The standard InChI is InChI=1S/C19H16N2O6S3/c22-17(23)10-11-27-14-8-6-13(7-9-14)12-16-18(24)21(19(28)29-16)20-30(25,26)15-4-2-1-3-5-15/h1-9,12,20H,10-11H2,(H,22,23)/b16-12+. The summed E-state index contributed by atoms with van der Waals surface area (Å²) < 4.78 is 30.3.